The molecular weight excluding hydrogens is 253 g/mol. The van der Waals surface area contributed by atoms with Gasteiger partial charge in [-0.3, -0.25) is 4.90 Å². The molecule has 0 saturated carbocycles. The molecule has 2 rings (SSSR count). The average molecular weight is 270 g/mol. The van der Waals surface area contributed by atoms with Crippen LogP contribution in [-0.4, -0.2) is 24.2 Å². The molecule has 2 N–H and O–H groups in total. The highest BCUT2D eigenvalue weighted by molar-refractivity contribution is 5.41. The van der Waals surface area contributed by atoms with E-state index in [4.69, 9.17) is 5.73 Å². The third-order valence-corrected chi connectivity index (χ3v) is 3.55. The number of anilines is 1. The van der Waals surface area contributed by atoms with Gasteiger partial charge in [-0.15, -0.1) is 0 Å². The maximum Gasteiger partial charge on any atom is 0.412 e. The van der Waals surface area contributed by atoms with Crippen LogP contribution in [0.2, 0.25) is 0 Å². The van der Waals surface area contributed by atoms with E-state index >= 15 is 0 Å². The summed E-state index contributed by atoms with van der Waals surface area (Å²) in [5.41, 5.74) is 7.02. The second-order valence-corrected chi connectivity index (χ2v) is 4.82. The van der Waals surface area contributed by atoms with Gasteiger partial charge in [-0.05, 0) is 31.0 Å². The molecule has 0 aromatic heterocycles. The van der Waals surface area contributed by atoms with E-state index < -0.39 is 11.7 Å². The van der Waals surface area contributed by atoms with Gasteiger partial charge in [0.1, 0.15) is 0 Å². The van der Waals surface area contributed by atoms with E-state index in [1.54, 1.807) is 6.07 Å². The first-order valence-electron chi connectivity index (χ1n) is 6.23. The van der Waals surface area contributed by atoms with Crippen molar-refractivity contribution in [1.82, 2.24) is 4.90 Å². The van der Waals surface area contributed by atoms with E-state index in [0.29, 0.717) is 18.8 Å². The third kappa shape index (κ3) is 3.29. The number of hydrogen-bond acceptors (Lipinski definition) is 2. The van der Waals surface area contributed by atoms with Crippen molar-refractivity contribution in [2.45, 2.75) is 25.6 Å². The predicted molar refractivity (Wildman–Crippen MR) is 69.6 cm³/mol. The summed E-state index contributed by atoms with van der Waals surface area (Å²) < 4.78 is 37.6. The van der Waals surface area contributed by atoms with E-state index in [1.165, 1.54) is 6.08 Å². The van der Waals surface area contributed by atoms with Crippen molar-refractivity contribution in [1.29, 1.82) is 0 Å². The van der Waals surface area contributed by atoms with E-state index in [1.807, 2.05) is 30.0 Å². The maximum atomic E-state index is 12.5. The average Bonchev–Trinajstić information content (AvgIpc) is 2.37. The smallest absolute Gasteiger partial charge is 0.399 e. The number of alkyl halides is 3. The molecule has 5 heteroatoms. The molecule has 0 saturated heterocycles. The summed E-state index contributed by atoms with van der Waals surface area (Å²) in [5.74, 6) is 0. The van der Waals surface area contributed by atoms with Crippen LogP contribution in [0.1, 0.15) is 24.9 Å². The van der Waals surface area contributed by atoms with Crippen LogP contribution in [0.5, 0.6) is 0 Å². The first-order chi connectivity index (χ1) is 8.88. The predicted octanol–water partition coefficient (Wildman–Crippen LogP) is 3.52. The monoisotopic (exact) mass is 270 g/mol. The van der Waals surface area contributed by atoms with Crippen molar-refractivity contribution < 1.29 is 13.2 Å². The van der Waals surface area contributed by atoms with Crippen LogP contribution in [0.3, 0.4) is 0 Å². The van der Waals surface area contributed by atoms with E-state index in [0.717, 1.165) is 5.56 Å². The molecule has 104 valence electrons. The zero-order chi connectivity index (χ0) is 14.0. The normalized spacial score (nSPS) is 19.1. The Bertz CT molecular complexity index is 480. The summed E-state index contributed by atoms with van der Waals surface area (Å²) in [4.78, 5) is 2.02. The highest BCUT2D eigenvalue weighted by atomic mass is 19.4. The Hall–Kier alpha value is -1.49. The summed E-state index contributed by atoms with van der Waals surface area (Å²) in [6, 6.07) is 7.54. The van der Waals surface area contributed by atoms with Crippen molar-refractivity contribution in [3.63, 3.8) is 0 Å². The molecule has 1 aromatic carbocycles. The molecule has 0 aliphatic carbocycles. The van der Waals surface area contributed by atoms with Crippen molar-refractivity contribution in [3.8, 4) is 0 Å². The zero-order valence-corrected chi connectivity index (χ0v) is 10.7. The molecule has 0 radical (unpaired) electrons. The molecule has 0 bridgehead atoms. The second-order valence-electron chi connectivity index (χ2n) is 4.82. The zero-order valence-electron chi connectivity index (χ0n) is 10.7. The molecular formula is C14H17F3N2. The highest BCUT2D eigenvalue weighted by Gasteiger charge is 2.35. The summed E-state index contributed by atoms with van der Waals surface area (Å²) in [7, 11) is 0. The lowest BCUT2D eigenvalue weighted by atomic mass is 10.0. The molecule has 0 amide bonds. The lowest BCUT2D eigenvalue weighted by Gasteiger charge is -2.32. The van der Waals surface area contributed by atoms with E-state index in [9.17, 15) is 13.2 Å². The molecule has 1 atom stereocenters. The van der Waals surface area contributed by atoms with Crippen molar-refractivity contribution >= 4 is 5.69 Å². The maximum absolute atomic E-state index is 12.5. The molecule has 0 spiro atoms. The minimum Gasteiger partial charge on any atom is -0.399 e. The summed E-state index contributed by atoms with van der Waals surface area (Å²) >= 11 is 0. The Morgan fingerprint density at radius 2 is 2.05 bits per heavy atom. The molecule has 0 fully saturated rings. The number of nitrogens with two attached hydrogens (primary N) is 1. The fraction of sp³-hybridized carbons (Fsp3) is 0.429. The largest absolute Gasteiger partial charge is 0.412 e. The fourth-order valence-electron chi connectivity index (χ4n) is 2.32. The number of benzene rings is 1. The van der Waals surface area contributed by atoms with Crippen LogP contribution < -0.4 is 5.73 Å². The van der Waals surface area contributed by atoms with Crippen molar-refractivity contribution in [3.05, 3.63) is 41.5 Å². The Balaban J connectivity index is 2.07. The van der Waals surface area contributed by atoms with E-state index in [2.05, 4.69) is 0 Å². The number of nitrogens with zero attached hydrogens (tertiary/aromatic N) is 1. The van der Waals surface area contributed by atoms with Gasteiger partial charge in [-0.2, -0.15) is 13.2 Å². The Labute approximate surface area is 110 Å². The van der Waals surface area contributed by atoms with Crippen molar-refractivity contribution in [2.75, 3.05) is 18.8 Å². The topological polar surface area (TPSA) is 29.3 Å². The summed E-state index contributed by atoms with van der Waals surface area (Å²) in [5, 5.41) is 0. The first-order valence-corrected chi connectivity index (χ1v) is 6.23. The number of hydrogen-bond donors (Lipinski definition) is 1. The Morgan fingerprint density at radius 1 is 1.32 bits per heavy atom. The van der Waals surface area contributed by atoms with Gasteiger partial charge in [0.15, 0.2) is 0 Å². The van der Waals surface area contributed by atoms with Gasteiger partial charge in [-0.1, -0.05) is 18.2 Å². The lowest BCUT2D eigenvalue weighted by Crippen LogP contribution is -2.34. The minimum absolute atomic E-state index is 0.0517. The van der Waals surface area contributed by atoms with Crippen LogP contribution in [0.4, 0.5) is 18.9 Å². The highest BCUT2D eigenvalue weighted by Crippen LogP contribution is 2.32. The van der Waals surface area contributed by atoms with E-state index in [-0.39, 0.29) is 12.5 Å². The fourth-order valence-corrected chi connectivity index (χ4v) is 2.32. The number of nitrogen functional groups attached to an aromatic ring is 1. The van der Waals surface area contributed by atoms with Crippen molar-refractivity contribution in [2.24, 2.45) is 0 Å². The number of rotatable bonds is 2. The van der Waals surface area contributed by atoms with Crippen LogP contribution in [-0.2, 0) is 0 Å². The SMILES string of the molecule is CC(c1cccc(N)c1)N1CC=C(C(F)(F)F)CC1. The standard InChI is InChI=1S/C14H17F3N2/c1-10(11-3-2-4-13(18)9-11)19-7-5-12(6-8-19)14(15,16)17/h2-5,9-10H,6-8,18H2,1H3. The third-order valence-electron chi connectivity index (χ3n) is 3.55. The van der Waals surface area contributed by atoms with Crippen LogP contribution in [0.25, 0.3) is 0 Å². The molecule has 1 aliphatic heterocycles. The molecule has 19 heavy (non-hydrogen) atoms. The van der Waals surface area contributed by atoms with Gasteiger partial charge < -0.3 is 5.73 Å². The van der Waals surface area contributed by atoms with Gasteiger partial charge in [-0.25, -0.2) is 0 Å². The minimum atomic E-state index is -4.19. The molecule has 1 unspecified atom stereocenters. The van der Waals surface area contributed by atoms with Gasteiger partial charge >= 0.3 is 6.18 Å². The first kappa shape index (κ1) is 13.9. The van der Waals surface area contributed by atoms with Gasteiger partial charge in [0.25, 0.3) is 0 Å². The molecule has 2 nitrogen and oxygen atoms in total. The lowest BCUT2D eigenvalue weighted by molar-refractivity contribution is -0.0963. The van der Waals surface area contributed by atoms with Gasteiger partial charge in [0, 0.05) is 30.4 Å². The summed E-state index contributed by atoms with van der Waals surface area (Å²) in [6.45, 7) is 2.73. The van der Waals surface area contributed by atoms with Crippen LogP contribution in [0.15, 0.2) is 35.9 Å². The van der Waals surface area contributed by atoms with Crippen LogP contribution in [0, 0.1) is 0 Å². The molecule has 1 heterocycles. The van der Waals surface area contributed by atoms with Gasteiger partial charge in [0.2, 0.25) is 0 Å². The number of halogens is 3. The van der Waals surface area contributed by atoms with Gasteiger partial charge in [0.05, 0.1) is 0 Å². The molecule has 1 aromatic rings. The van der Waals surface area contributed by atoms with Crippen LogP contribution >= 0.6 is 0 Å². The molecule has 1 aliphatic rings. The summed E-state index contributed by atoms with van der Waals surface area (Å²) in [6.07, 6.45) is -2.85. The quantitative estimate of drug-likeness (QED) is 0.658. The Morgan fingerprint density at radius 3 is 2.58 bits per heavy atom. The Kier molecular flexibility index (Phi) is 3.85. The second kappa shape index (κ2) is 5.25.